The lowest BCUT2D eigenvalue weighted by Crippen LogP contribution is -2.14. The summed E-state index contributed by atoms with van der Waals surface area (Å²) < 4.78 is 10.7. The van der Waals surface area contributed by atoms with Crippen molar-refractivity contribution >= 4 is 23.4 Å². The van der Waals surface area contributed by atoms with Gasteiger partial charge >= 0.3 is 0 Å². The van der Waals surface area contributed by atoms with Crippen molar-refractivity contribution in [2.45, 2.75) is 11.9 Å². The standard InChI is InChI=1S/C21H21N3O3S/c1-14-6-4-5-7-17(14)22-20(25)13-28-21-11-9-18(23-24-21)16-12-15(26-2)8-10-19(16)27-3/h4-12H,13H2,1-3H3,(H,22,25). The molecule has 6 nitrogen and oxygen atoms in total. The fourth-order valence-corrected chi connectivity index (χ4v) is 3.21. The first-order chi connectivity index (χ1) is 13.6. The van der Waals surface area contributed by atoms with Crippen molar-refractivity contribution in [3.63, 3.8) is 0 Å². The third-order valence-electron chi connectivity index (χ3n) is 4.09. The van der Waals surface area contributed by atoms with E-state index in [1.54, 1.807) is 14.2 Å². The van der Waals surface area contributed by atoms with Gasteiger partial charge in [0.25, 0.3) is 0 Å². The summed E-state index contributed by atoms with van der Waals surface area (Å²) in [5.74, 6) is 1.57. The number of ether oxygens (including phenoxy) is 2. The number of thioether (sulfide) groups is 1. The number of nitrogens with zero attached hydrogens (tertiary/aromatic N) is 2. The van der Waals surface area contributed by atoms with Crippen LogP contribution in [0.5, 0.6) is 11.5 Å². The Kier molecular flexibility index (Phi) is 6.49. The molecule has 0 aliphatic rings. The molecule has 3 aromatic rings. The topological polar surface area (TPSA) is 73.3 Å². The maximum Gasteiger partial charge on any atom is 0.234 e. The maximum absolute atomic E-state index is 12.2. The minimum atomic E-state index is -0.0837. The highest BCUT2D eigenvalue weighted by Gasteiger charge is 2.11. The van der Waals surface area contributed by atoms with E-state index >= 15 is 0 Å². The van der Waals surface area contributed by atoms with Gasteiger partial charge in [-0.1, -0.05) is 30.0 Å². The van der Waals surface area contributed by atoms with Crippen LogP contribution in [0.25, 0.3) is 11.3 Å². The van der Waals surface area contributed by atoms with Gasteiger partial charge in [-0.2, -0.15) is 0 Å². The lowest BCUT2D eigenvalue weighted by molar-refractivity contribution is -0.113. The van der Waals surface area contributed by atoms with E-state index in [0.717, 1.165) is 16.8 Å². The molecule has 0 atom stereocenters. The van der Waals surface area contributed by atoms with Gasteiger partial charge in [-0.25, -0.2) is 0 Å². The molecular formula is C21H21N3O3S. The van der Waals surface area contributed by atoms with Crippen LogP contribution >= 0.6 is 11.8 Å². The average molecular weight is 395 g/mol. The summed E-state index contributed by atoms with van der Waals surface area (Å²) in [6.07, 6.45) is 0. The molecule has 1 aromatic heterocycles. The van der Waals surface area contributed by atoms with Gasteiger partial charge in [0.15, 0.2) is 0 Å². The van der Waals surface area contributed by atoms with E-state index in [-0.39, 0.29) is 11.7 Å². The second-order valence-electron chi connectivity index (χ2n) is 5.97. The zero-order valence-corrected chi connectivity index (χ0v) is 16.7. The number of aromatic nitrogens is 2. The Morgan fingerprint density at radius 1 is 1.04 bits per heavy atom. The van der Waals surface area contributed by atoms with Crippen LogP contribution in [0.2, 0.25) is 0 Å². The predicted octanol–water partition coefficient (Wildman–Crippen LogP) is 4.20. The number of carbonyl (C=O) groups is 1. The molecule has 1 N–H and O–H groups in total. The van der Waals surface area contributed by atoms with Gasteiger partial charge in [0.05, 0.1) is 25.7 Å². The Morgan fingerprint density at radius 3 is 2.54 bits per heavy atom. The molecule has 0 unspecified atom stereocenters. The summed E-state index contributed by atoms with van der Waals surface area (Å²) in [6.45, 7) is 1.96. The number of benzene rings is 2. The highest BCUT2D eigenvalue weighted by molar-refractivity contribution is 7.99. The molecule has 1 heterocycles. The molecule has 0 fully saturated rings. The van der Waals surface area contributed by atoms with Gasteiger partial charge in [0, 0.05) is 11.3 Å². The van der Waals surface area contributed by atoms with E-state index in [2.05, 4.69) is 15.5 Å². The SMILES string of the molecule is COc1ccc(OC)c(-c2ccc(SCC(=O)Nc3ccccc3C)nn2)c1. The molecular weight excluding hydrogens is 374 g/mol. The molecule has 3 rings (SSSR count). The normalized spacial score (nSPS) is 10.4. The van der Waals surface area contributed by atoms with E-state index in [0.29, 0.717) is 22.2 Å². The molecule has 2 aromatic carbocycles. The maximum atomic E-state index is 12.2. The largest absolute Gasteiger partial charge is 0.497 e. The number of nitrogens with one attached hydrogen (secondary N) is 1. The van der Waals surface area contributed by atoms with Crippen LogP contribution in [0.4, 0.5) is 5.69 Å². The highest BCUT2D eigenvalue weighted by atomic mass is 32.2. The van der Waals surface area contributed by atoms with Crippen molar-refractivity contribution in [2.24, 2.45) is 0 Å². The van der Waals surface area contributed by atoms with E-state index in [1.807, 2.05) is 61.5 Å². The van der Waals surface area contributed by atoms with Crippen LogP contribution in [0.3, 0.4) is 0 Å². The number of carbonyl (C=O) groups excluding carboxylic acids is 1. The number of anilines is 1. The Bertz CT molecular complexity index is 961. The Labute approximate surface area is 168 Å². The molecule has 0 saturated heterocycles. The number of hydrogen-bond acceptors (Lipinski definition) is 6. The number of amides is 1. The van der Waals surface area contributed by atoms with Crippen LogP contribution in [-0.2, 0) is 4.79 Å². The van der Waals surface area contributed by atoms with E-state index in [1.165, 1.54) is 11.8 Å². The summed E-state index contributed by atoms with van der Waals surface area (Å²) >= 11 is 1.33. The lowest BCUT2D eigenvalue weighted by atomic mass is 10.1. The third-order valence-corrected chi connectivity index (χ3v) is 5.01. The van der Waals surface area contributed by atoms with Gasteiger partial charge in [-0.3, -0.25) is 4.79 Å². The molecule has 28 heavy (non-hydrogen) atoms. The van der Waals surface area contributed by atoms with Gasteiger partial charge in [-0.15, -0.1) is 10.2 Å². The smallest absolute Gasteiger partial charge is 0.234 e. The first-order valence-electron chi connectivity index (χ1n) is 8.65. The molecule has 144 valence electrons. The molecule has 0 bridgehead atoms. The molecule has 0 radical (unpaired) electrons. The zero-order valence-electron chi connectivity index (χ0n) is 15.9. The number of methoxy groups -OCH3 is 2. The first-order valence-corrected chi connectivity index (χ1v) is 9.63. The Morgan fingerprint density at radius 2 is 1.86 bits per heavy atom. The van der Waals surface area contributed by atoms with Crippen LogP contribution in [0.15, 0.2) is 59.6 Å². The summed E-state index contributed by atoms with van der Waals surface area (Å²) in [7, 11) is 3.22. The average Bonchev–Trinajstić information content (AvgIpc) is 2.74. The van der Waals surface area contributed by atoms with E-state index in [9.17, 15) is 4.79 Å². The molecule has 0 aliphatic carbocycles. The fraction of sp³-hybridized carbons (Fsp3) is 0.190. The van der Waals surface area contributed by atoms with E-state index in [4.69, 9.17) is 9.47 Å². The minimum Gasteiger partial charge on any atom is -0.497 e. The van der Waals surface area contributed by atoms with Crippen molar-refractivity contribution < 1.29 is 14.3 Å². The molecule has 0 saturated carbocycles. The molecule has 1 amide bonds. The van der Waals surface area contributed by atoms with Crippen molar-refractivity contribution in [1.82, 2.24) is 10.2 Å². The predicted molar refractivity (Wildman–Crippen MR) is 111 cm³/mol. The van der Waals surface area contributed by atoms with Crippen LogP contribution < -0.4 is 14.8 Å². The number of aryl methyl sites for hydroxylation is 1. The van der Waals surface area contributed by atoms with Gasteiger partial charge in [0.1, 0.15) is 16.5 Å². The number of rotatable bonds is 7. The first kappa shape index (κ1) is 19.7. The number of hydrogen-bond donors (Lipinski definition) is 1. The summed E-state index contributed by atoms with van der Waals surface area (Å²) in [5.41, 5.74) is 3.31. The second kappa shape index (κ2) is 9.23. The highest BCUT2D eigenvalue weighted by Crippen LogP contribution is 2.32. The van der Waals surface area contributed by atoms with Crippen molar-refractivity contribution in [3.8, 4) is 22.8 Å². The molecule has 0 aliphatic heterocycles. The van der Waals surface area contributed by atoms with Crippen molar-refractivity contribution in [2.75, 3.05) is 25.3 Å². The van der Waals surface area contributed by atoms with Crippen molar-refractivity contribution in [1.29, 1.82) is 0 Å². The third kappa shape index (κ3) is 4.80. The van der Waals surface area contributed by atoms with Gasteiger partial charge < -0.3 is 14.8 Å². The van der Waals surface area contributed by atoms with Crippen LogP contribution in [-0.4, -0.2) is 36.1 Å². The van der Waals surface area contributed by atoms with Crippen LogP contribution in [0.1, 0.15) is 5.56 Å². The zero-order chi connectivity index (χ0) is 19.9. The summed E-state index contributed by atoms with van der Waals surface area (Å²) in [5, 5.41) is 12.1. The molecule has 0 spiro atoms. The Hall–Kier alpha value is -3.06. The Balaban J connectivity index is 1.65. The van der Waals surface area contributed by atoms with Crippen LogP contribution in [0, 0.1) is 6.92 Å². The van der Waals surface area contributed by atoms with Gasteiger partial charge in [-0.05, 0) is 48.9 Å². The molecule has 7 heteroatoms. The number of para-hydroxylation sites is 1. The lowest BCUT2D eigenvalue weighted by Gasteiger charge is -2.10. The quantitative estimate of drug-likeness (QED) is 0.605. The fourth-order valence-electron chi connectivity index (χ4n) is 2.59. The van der Waals surface area contributed by atoms with E-state index < -0.39 is 0 Å². The minimum absolute atomic E-state index is 0.0837. The van der Waals surface area contributed by atoms with Gasteiger partial charge in [0.2, 0.25) is 5.91 Å². The summed E-state index contributed by atoms with van der Waals surface area (Å²) in [4.78, 5) is 12.2. The summed E-state index contributed by atoms with van der Waals surface area (Å²) in [6, 6.07) is 16.9. The second-order valence-corrected chi connectivity index (χ2v) is 6.97. The van der Waals surface area contributed by atoms with Crippen molar-refractivity contribution in [3.05, 3.63) is 60.2 Å². The monoisotopic (exact) mass is 395 g/mol.